The van der Waals surface area contributed by atoms with Crippen molar-refractivity contribution in [3.8, 4) is 0 Å². The number of aromatic nitrogens is 3. The van der Waals surface area contributed by atoms with E-state index in [1.165, 1.54) is 6.42 Å². The van der Waals surface area contributed by atoms with Gasteiger partial charge in [0.1, 0.15) is 11.6 Å². The maximum absolute atomic E-state index is 13.0. The molecular weight excluding hydrogens is 312 g/mol. The molecule has 1 aromatic heterocycles. The fraction of sp³-hybridized carbons (Fsp3) is 0.550. The summed E-state index contributed by atoms with van der Waals surface area (Å²) in [6, 6.07) is 10.2. The maximum atomic E-state index is 13.0. The summed E-state index contributed by atoms with van der Waals surface area (Å²) < 4.78 is 2.31. The number of piperidine rings is 1. The lowest BCUT2D eigenvalue weighted by atomic mass is 9.91. The van der Waals surface area contributed by atoms with Crippen LogP contribution >= 0.6 is 0 Å². The molecule has 0 radical (unpaired) electrons. The van der Waals surface area contributed by atoms with E-state index in [0.29, 0.717) is 5.92 Å². The summed E-state index contributed by atoms with van der Waals surface area (Å²) in [4.78, 5) is 15.1. The number of rotatable bonds is 4. The first-order valence-electron chi connectivity index (χ1n) is 9.53. The van der Waals surface area contributed by atoms with Crippen molar-refractivity contribution in [2.75, 3.05) is 13.1 Å². The maximum Gasteiger partial charge on any atom is 0.230 e. The summed E-state index contributed by atoms with van der Waals surface area (Å²) in [5.74, 6) is 2.99. The SMILES string of the molecule is CCC(C(=O)N1CCC(c2nnc3n2CCC3)CC1)c1ccccc1. The molecule has 0 bridgehead atoms. The van der Waals surface area contributed by atoms with Gasteiger partial charge in [0.05, 0.1) is 5.92 Å². The molecule has 1 atom stereocenters. The predicted molar refractivity (Wildman–Crippen MR) is 96.4 cm³/mol. The molecule has 0 aliphatic carbocycles. The number of hydrogen-bond acceptors (Lipinski definition) is 3. The molecule has 1 aromatic carbocycles. The number of likely N-dealkylation sites (tertiary alicyclic amines) is 1. The Balaban J connectivity index is 1.42. The minimum Gasteiger partial charge on any atom is -0.342 e. The Labute approximate surface area is 149 Å². The van der Waals surface area contributed by atoms with Crippen LogP contribution in [-0.4, -0.2) is 38.7 Å². The molecule has 2 aliphatic heterocycles. The average molecular weight is 338 g/mol. The van der Waals surface area contributed by atoms with E-state index in [1.54, 1.807) is 0 Å². The Kier molecular flexibility index (Phi) is 4.55. The second-order valence-electron chi connectivity index (χ2n) is 7.20. The molecule has 0 N–H and O–H groups in total. The summed E-state index contributed by atoms with van der Waals surface area (Å²) >= 11 is 0. The lowest BCUT2D eigenvalue weighted by Crippen LogP contribution is -2.41. The van der Waals surface area contributed by atoms with Gasteiger partial charge in [-0.3, -0.25) is 4.79 Å². The van der Waals surface area contributed by atoms with Gasteiger partial charge in [0.25, 0.3) is 0 Å². The van der Waals surface area contributed by atoms with Crippen molar-refractivity contribution >= 4 is 5.91 Å². The van der Waals surface area contributed by atoms with E-state index in [1.807, 2.05) is 18.2 Å². The zero-order valence-corrected chi connectivity index (χ0v) is 14.9. The first kappa shape index (κ1) is 16.3. The quantitative estimate of drug-likeness (QED) is 0.860. The van der Waals surface area contributed by atoms with E-state index in [-0.39, 0.29) is 11.8 Å². The van der Waals surface area contributed by atoms with Gasteiger partial charge in [-0.05, 0) is 31.2 Å². The van der Waals surface area contributed by atoms with E-state index in [4.69, 9.17) is 0 Å². The van der Waals surface area contributed by atoms with Gasteiger partial charge in [0.15, 0.2) is 0 Å². The second kappa shape index (κ2) is 6.98. The van der Waals surface area contributed by atoms with Crippen LogP contribution in [-0.2, 0) is 17.8 Å². The van der Waals surface area contributed by atoms with Gasteiger partial charge in [0.2, 0.25) is 5.91 Å². The number of benzene rings is 1. The van der Waals surface area contributed by atoms with Crippen LogP contribution in [0.3, 0.4) is 0 Å². The Bertz CT molecular complexity index is 731. The largest absolute Gasteiger partial charge is 0.342 e. The van der Waals surface area contributed by atoms with Crippen LogP contribution in [0.2, 0.25) is 0 Å². The molecule has 0 saturated carbocycles. The topological polar surface area (TPSA) is 51.0 Å². The number of carbonyl (C=O) groups is 1. The number of carbonyl (C=O) groups excluding carboxylic acids is 1. The molecule has 3 heterocycles. The number of aryl methyl sites for hydroxylation is 1. The minimum atomic E-state index is -0.0184. The molecule has 1 fully saturated rings. The Morgan fingerprint density at radius 1 is 1.16 bits per heavy atom. The lowest BCUT2D eigenvalue weighted by molar-refractivity contribution is -0.134. The van der Waals surface area contributed by atoms with E-state index in [0.717, 1.165) is 62.5 Å². The molecular formula is C20H26N4O. The van der Waals surface area contributed by atoms with Crippen LogP contribution in [0, 0.1) is 0 Å². The van der Waals surface area contributed by atoms with Crippen LogP contribution in [0.4, 0.5) is 0 Å². The number of fused-ring (bicyclic) bond motifs is 1. The van der Waals surface area contributed by atoms with E-state index < -0.39 is 0 Å². The molecule has 0 spiro atoms. The van der Waals surface area contributed by atoms with Crippen molar-refractivity contribution in [2.24, 2.45) is 0 Å². The molecule has 5 nitrogen and oxygen atoms in total. The third kappa shape index (κ3) is 3.08. The molecule has 25 heavy (non-hydrogen) atoms. The van der Waals surface area contributed by atoms with Gasteiger partial charge < -0.3 is 9.47 Å². The molecule has 2 aliphatic rings. The normalized spacial score (nSPS) is 19.0. The van der Waals surface area contributed by atoms with Gasteiger partial charge >= 0.3 is 0 Å². The summed E-state index contributed by atoms with van der Waals surface area (Å²) in [5, 5.41) is 8.78. The van der Waals surface area contributed by atoms with Crippen LogP contribution in [0.5, 0.6) is 0 Å². The summed E-state index contributed by atoms with van der Waals surface area (Å²) in [6.45, 7) is 4.81. The highest BCUT2D eigenvalue weighted by Crippen LogP contribution is 2.31. The minimum absolute atomic E-state index is 0.0184. The van der Waals surface area contributed by atoms with E-state index in [9.17, 15) is 4.79 Å². The van der Waals surface area contributed by atoms with Gasteiger partial charge in [-0.2, -0.15) is 0 Å². The summed E-state index contributed by atoms with van der Waals surface area (Å²) in [5.41, 5.74) is 1.13. The average Bonchev–Trinajstić information content (AvgIpc) is 3.27. The molecule has 2 aromatic rings. The lowest BCUT2D eigenvalue weighted by Gasteiger charge is -2.34. The predicted octanol–water partition coefficient (Wildman–Crippen LogP) is 3.12. The van der Waals surface area contributed by atoms with Crippen molar-refractivity contribution in [1.29, 1.82) is 0 Å². The molecule has 4 rings (SSSR count). The Morgan fingerprint density at radius 3 is 2.64 bits per heavy atom. The second-order valence-corrected chi connectivity index (χ2v) is 7.20. The summed E-state index contributed by atoms with van der Waals surface area (Å²) in [7, 11) is 0. The van der Waals surface area contributed by atoms with Gasteiger partial charge in [0, 0.05) is 32.0 Å². The first-order valence-corrected chi connectivity index (χ1v) is 9.53. The van der Waals surface area contributed by atoms with Crippen LogP contribution in [0.25, 0.3) is 0 Å². The van der Waals surface area contributed by atoms with Crippen LogP contribution < -0.4 is 0 Å². The van der Waals surface area contributed by atoms with Crippen molar-refractivity contribution in [1.82, 2.24) is 19.7 Å². The van der Waals surface area contributed by atoms with Gasteiger partial charge in [-0.15, -0.1) is 10.2 Å². The smallest absolute Gasteiger partial charge is 0.230 e. The third-order valence-electron chi connectivity index (χ3n) is 5.72. The number of nitrogens with zero attached hydrogens (tertiary/aromatic N) is 4. The van der Waals surface area contributed by atoms with Crippen LogP contribution in [0.15, 0.2) is 30.3 Å². The monoisotopic (exact) mass is 338 g/mol. The highest BCUT2D eigenvalue weighted by atomic mass is 16.2. The van der Waals surface area contributed by atoms with Crippen LogP contribution in [0.1, 0.15) is 61.7 Å². The highest BCUT2D eigenvalue weighted by molar-refractivity contribution is 5.83. The zero-order valence-electron chi connectivity index (χ0n) is 14.9. The van der Waals surface area contributed by atoms with Gasteiger partial charge in [-0.25, -0.2) is 0 Å². The standard InChI is InChI=1S/C20H26N4O/c1-2-17(15-7-4-3-5-8-15)20(25)23-13-10-16(11-14-23)19-22-21-18-9-6-12-24(18)19/h3-5,7-8,16-17H,2,6,9-14H2,1H3. The van der Waals surface area contributed by atoms with Crippen molar-refractivity contribution < 1.29 is 4.79 Å². The summed E-state index contributed by atoms with van der Waals surface area (Å²) in [6.07, 6.45) is 5.08. The molecule has 1 unspecified atom stereocenters. The van der Waals surface area contributed by atoms with Crippen molar-refractivity contribution in [3.05, 3.63) is 47.5 Å². The molecule has 132 valence electrons. The Hall–Kier alpha value is -2.17. The third-order valence-corrected chi connectivity index (χ3v) is 5.72. The fourth-order valence-corrected chi connectivity index (χ4v) is 4.29. The van der Waals surface area contributed by atoms with E-state index >= 15 is 0 Å². The number of hydrogen-bond donors (Lipinski definition) is 0. The zero-order chi connectivity index (χ0) is 17.2. The first-order chi connectivity index (χ1) is 12.3. The van der Waals surface area contributed by atoms with Crippen molar-refractivity contribution in [3.63, 3.8) is 0 Å². The molecule has 5 heteroatoms. The Morgan fingerprint density at radius 2 is 1.92 bits per heavy atom. The van der Waals surface area contributed by atoms with Crippen molar-refractivity contribution in [2.45, 2.75) is 57.4 Å². The number of amides is 1. The van der Waals surface area contributed by atoms with E-state index in [2.05, 4.69) is 38.7 Å². The fourth-order valence-electron chi connectivity index (χ4n) is 4.29. The molecule has 1 saturated heterocycles. The highest BCUT2D eigenvalue weighted by Gasteiger charge is 2.31. The molecule has 1 amide bonds. The van der Waals surface area contributed by atoms with Gasteiger partial charge in [-0.1, -0.05) is 37.3 Å².